The van der Waals surface area contributed by atoms with Crippen LogP contribution >= 0.6 is 11.6 Å². The molecule has 0 aliphatic carbocycles. The lowest BCUT2D eigenvalue weighted by molar-refractivity contribution is -0.110. The Morgan fingerprint density at radius 3 is 2.54 bits per heavy atom. The molecule has 1 aromatic heterocycles. The number of nitrogens with two attached hydrogens (primary N) is 1. The number of hydrogen-bond acceptors (Lipinski definition) is 6. The van der Waals surface area contributed by atoms with E-state index < -0.39 is 41.0 Å². The number of halogens is 3. The van der Waals surface area contributed by atoms with Gasteiger partial charge in [-0.2, -0.15) is 0 Å². The smallest absolute Gasteiger partial charge is 0.374 e. The predicted molar refractivity (Wildman–Crippen MR) is 145 cm³/mol. The summed E-state index contributed by atoms with van der Waals surface area (Å²) < 4.78 is 41.2. The number of hydrogen-bond donors (Lipinski definition) is 2. The fourth-order valence-corrected chi connectivity index (χ4v) is 5.18. The molecule has 0 saturated carbocycles. The van der Waals surface area contributed by atoms with Gasteiger partial charge in [-0.25, -0.2) is 13.6 Å². The summed E-state index contributed by atoms with van der Waals surface area (Å²) in [5.74, 6) is -4.24. The quantitative estimate of drug-likeness (QED) is 0.354. The van der Waals surface area contributed by atoms with Crippen LogP contribution in [0, 0.1) is 24.0 Å². The lowest BCUT2D eigenvalue weighted by atomic mass is 9.68. The number of amides is 1. The molecule has 0 fully saturated rings. The van der Waals surface area contributed by atoms with Crippen molar-refractivity contribution in [3.05, 3.63) is 87.6 Å². The Kier molecular flexibility index (Phi) is 7.69. The number of nitrogens with one attached hydrogen (secondary N) is 1. The zero-order valence-corrected chi connectivity index (χ0v) is 23.0. The molecule has 0 bridgehead atoms. The van der Waals surface area contributed by atoms with Crippen LogP contribution in [0.4, 0.5) is 14.7 Å². The van der Waals surface area contributed by atoms with E-state index in [2.05, 4.69) is 10.1 Å². The second-order valence-corrected chi connectivity index (χ2v) is 11.3. The van der Waals surface area contributed by atoms with Gasteiger partial charge in [0.05, 0.1) is 29.6 Å². The van der Waals surface area contributed by atoms with Crippen molar-refractivity contribution in [1.82, 2.24) is 0 Å². The molecule has 0 saturated heterocycles. The number of benzene rings is 2. The molecule has 2 heterocycles. The summed E-state index contributed by atoms with van der Waals surface area (Å²) in [6.07, 6.45) is 0.361. The van der Waals surface area contributed by atoms with E-state index in [4.69, 9.17) is 26.7 Å². The minimum absolute atomic E-state index is 0.00461. The van der Waals surface area contributed by atoms with Crippen LogP contribution in [-0.4, -0.2) is 30.7 Å². The number of rotatable bonds is 6. The maximum atomic E-state index is 15.6. The normalized spacial score (nSPS) is 21.0. The van der Waals surface area contributed by atoms with E-state index in [-0.39, 0.29) is 38.9 Å². The number of aryl methyl sites for hydroxylation is 1. The Bertz CT molecular complexity index is 1460. The standard InChI is InChI=1S/C29H30ClF2N3O4/c1-15-9-10-17(19(31)13-15)29(33)21(14-28(2,3)4)34-25(23(29)16-7-6-8-18(30)24(16)32)26(36)35-22-12-11-20(39-22)27(37)38-5/h6-13,21,23H,14,33H2,1-5H3,(H,35,36)/t21-,23-,29+/m0/s1. The van der Waals surface area contributed by atoms with Gasteiger partial charge in [0.15, 0.2) is 0 Å². The largest absolute Gasteiger partial charge is 0.463 e. The van der Waals surface area contributed by atoms with E-state index in [1.165, 1.54) is 43.5 Å². The zero-order valence-electron chi connectivity index (χ0n) is 22.3. The van der Waals surface area contributed by atoms with Gasteiger partial charge in [0.25, 0.3) is 5.91 Å². The molecule has 3 atom stereocenters. The fraction of sp³-hybridized carbons (Fsp3) is 0.345. The third-order valence-corrected chi connectivity index (χ3v) is 7.04. The van der Waals surface area contributed by atoms with Crippen LogP contribution in [0.2, 0.25) is 5.02 Å². The molecule has 4 rings (SSSR count). The molecule has 2 aromatic carbocycles. The molecule has 1 amide bonds. The number of furan rings is 1. The number of methoxy groups -OCH3 is 1. The monoisotopic (exact) mass is 557 g/mol. The average molecular weight is 558 g/mol. The van der Waals surface area contributed by atoms with Crippen LogP contribution in [0.25, 0.3) is 0 Å². The van der Waals surface area contributed by atoms with Crippen LogP contribution in [0.3, 0.4) is 0 Å². The van der Waals surface area contributed by atoms with Gasteiger partial charge >= 0.3 is 5.97 Å². The van der Waals surface area contributed by atoms with Crippen molar-refractivity contribution in [2.45, 2.75) is 51.6 Å². The molecule has 0 radical (unpaired) electrons. The van der Waals surface area contributed by atoms with Crippen LogP contribution in [-0.2, 0) is 15.1 Å². The molecule has 206 valence electrons. The molecule has 1 aliphatic rings. The number of carbonyl (C=O) groups excluding carboxylic acids is 2. The van der Waals surface area contributed by atoms with Gasteiger partial charge in [0.1, 0.15) is 17.3 Å². The molecule has 7 nitrogen and oxygen atoms in total. The van der Waals surface area contributed by atoms with Crippen LogP contribution in [0.5, 0.6) is 0 Å². The minimum Gasteiger partial charge on any atom is -0.463 e. The molecule has 10 heteroatoms. The summed E-state index contributed by atoms with van der Waals surface area (Å²) in [5.41, 5.74) is 5.81. The van der Waals surface area contributed by atoms with Gasteiger partial charge < -0.3 is 14.9 Å². The maximum absolute atomic E-state index is 15.6. The molecule has 3 aromatic rings. The number of anilines is 1. The third-order valence-electron chi connectivity index (χ3n) is 6.75. The number of nitrogens with zero attached hydrogens (tertiary/aromatic N) is 1. The highest BCUT2D eigenvalue weighted by Gasteiger charge is 2.55. The number of esters is 1. The van der Waals surface area contributed by atoms with Crippen molar-refractivity contribution in [2.75, 3.05) is 12.4 Å². The SMILES string of the molecule is COC(=O)c1ccc(NC(=O)C2=N[C@@H](CC(C)(C)C)[C@](N)(c3ccc(C)cc3F)[C@H]2c2cccc(Cl)c2F)o1. The predicted octanol–water partition coefficient (Wildman–Crippen LogP) is 6.14. The molecule has 1 aliphatic heterocycles. The maximum Gasteiger partial charge on any atom is 0.374 e. The molecular weight excluding hydrogens is 528 g/mol. The second kappa shape index (κ2) is 10.5. The lowest BCUT2D eigenvalue weighted by Gasteiger charge is -2.39. The van der Waals surface area contributed by atoms with Crippen LogP contribution < -0.4 is 11.1 Å². The van der Waals surface area contributed by atoms with Gasteiger partial charge in [0.2, 0.25) is 11.6 Å². The van der Waals surface area contributed by atoms with Crippen molar-refractivity contribution in [3.63, 3.8) is 0 Å². The van der Waals surface area contributed by atoms with Crippen LogP contribution in [0.15, 0.2) is 57.9 Å². The minimum atomic E-state index is -1.65. The molecule has 0 spiro atoms. The Morgan fingerprint density at radius 2 is 1.90 bits per heavy atom. The highest BCUT2D eigenvalue weighted by molar-refractivity contribution is 6.45. The first-order valence-electron chi connectivity index (χ1n) is 12.3. The Hall–Kier alpha value is -3.56. The first-order chi connectivity index (χ1) is 18.3. The number of aliphatic imine (C=N–C) groups is 1. The summed E-state index contributed by atoms with van der Waals surface area (Å²) >= 11 is 6.14. The van der Waals surface area contributed by atoms with E-state index in [0.717, 1.165) is 0 Å². The first kappa shape index (κ1) is 28.4. The van der Waals surface area contributed by atoms with E-state index in [9.17, 15) is 9.59 Å². The third kappa shape index (κ3) is 5.46. The van der Waals surface area contributed by atoms with E-state index >= 15 is 8.78 Å². The van der Waals surface area contributed by atoms with Gasteiger partial charge in [-0.15, -0.1) is 0 Å². The van der Waals surface area contributed by atoms with Crippen molar-refractivity contribution in [2.24, 2.45) is 16.1 Å². The summed E-state index contributed by atoms with van der Waals surface area (Å²) in [6.45, 7) is 7.66. The van der Waals surface area contributed by atoms with E-state index in [1.54, 1.807) is 19.1 Å². The Labute approximate surface area is 230 Å². The zero-order chi connectivity index (χ0) is 28.7. The van der Waals surface area contributed by atoms with Gasteiger partial charge in [-0.05, 0) is 42.5 Å². The molecule has 39 heavy (non-hydrogen) atoms. The van der Waals surface area contributed by atoms with Crippen molar-refractivity contribution < 1.29 is 27.5 Å². The Balaban J connectivity index is 1.90. The Morgan fingerprint density at radius 1 is 1.18 bits per heavy atom. The van der Waals surface area contributed by atoms with Gasteiger partial charge in [0, 0.05) is 17.2 Å². The average Bonchev–Trinajstić information content (AvgIpc) is 3.42. The van der Waals surface area contributed by atoms with Gasteiger partial charge in [-0.3, -0.25) is 15.1 Å². The summed E-state index contributed by atoms with van der Waals surface area (Å²) in [4.78, 5) is 30.2. The topological polar surface area (TPSA) is 107 Å². The van der Waals surface area contributed by atoms with Crippen molar-refractivity contribution in [1.29, 1.82) is 0 Å². The van der Waals surface area contributed by atoms with Crippen molar-refractivity contribution >= 4 is 35.1 Å². The highest BCUT2D eigenvalue weighted by atomic mass is 35.5. The van der Waals surface area contributed by atoms with Crippen LogP contribution in [0.1, 0.15) is 60.4 Å². The van der Waals surface area contributed by atoms with Gasteiger partial charge in [-0.1, -0.05) is 56.6 Å². The van der Waals surface area contributed by atoms with E-state index in [0.29, 0.717) is 12.0 Å². The van der Waals surface area contributed by atoms with Crippen molar-refractivity contribution in [3.8, 4) is 0 Å². The van der Waals surface area contributed by atoms with E-state index in [1.807, 2.05) is 20.8 Å². The molecule has 0 unspecified atom stereocenters. The lowest BCUT2D eigenvalue weighted by Crippen LogP contribution is -2.52. The number of carbonyl (C=O) groups is 2. The highest BCUT2D eigenvalue weighted by Crippen LogP contribution is 2.49. The second-order valence-electron chi connectivity index (χ2n) is 10.9. The summed E-state index contributed by atoms with van der Waals surface area (Å²) in [7, 11) is 1.20. The molecule has 3 N–H and O–H groups in total. The molecular formula is C29H30ClF2N3O4. The fourth-order valence-electron chi connectivity index (χ4n) is 5.00. The summed E-state index contributed by atoms with van der Waals surface area (Å²) in [6, 6.07) is 10.9. The number of ether oxygens (including phenoxy) is 1. The summed E-state index contributed by atoms with van der Waals surface area (Å²) in [5, 5.41) is 2.39. The first-order valence-corrected chi connectivity index (χ1v) is 12.7.